The molecule has 0 aliphatic carbocycles. The second-order valence-electron chi connectivity index (χ2n) is 6.02. The van der Waals surface area contributed by atoms with Crippen molar-refractivity contribution < 1.29 is 28.6 Å². The van der Waals surface area contributed by atoms with Crippen molar-refractivity contribution in [1.82, 2.24) is 4.90 Å². The van der Waals surface area contributed by atoms with E-state index in [1.165, 1.54) is 24.3 Å². The molecule has 2 rings (SSSR count). The lowest BCUT2D eigenvalue weighted by atomic mass is 10.1. The van der Waals surface area contributed by atoms with E-state index in [-0.39, 0.29) is 24.4 Å². The van der Waals surface area contributed by atoms with Crippen LogP contribution in [0.2, 0.25) is 0 Å². The largest absolute Gasteiger partial charge is 0.467 e. The van der Waals surface area contributed by atoms with E-state index in [1.54, 1.807) is 30.3 Å². The normalized spacial score (nSPS) is 12.6. The van der Waals surface area contributed by atoms with E-state index in [9.17, 15) is 29.0 Å². The third-order valence-electron chi connectivity index (χ3n) is 4.18. The molecule has 9 nitrogen and oxygen atoms in total. The van der Waals surface area contributed by atoms with Crippen LogP contribution in [-0.2, 0) is 26.9 Å². The molecular weight excluding hydrogens is 400 g/mol. The van der Waals surface area contributed by atoms with Crippen molar-refractivity contribution in [2.45, 2.75) is 23.9 Å². The summed E-state index contributed by atoms with van der Waals surface area (Å²) in [6.45, 7) is -0.0277. The van der Waals surface area contributed by atoms with Gasteiger partial charge in [0, 0.05) is 29.3 Å². The van der Waals surface area contributed by atoms with Crippen molar-refractivity contribution in [3.63, 3.8) is 0 Å². The van der Waals surface area contributed by atoms with Gasteiger partial charge < -0.3 is 9.84 Å². The number of amides is 1. The molecule has 0 fully saturated rings. The number of esters is 1. The molecule has 0 spiro atoms. The van der Waals surface area contributed by atoms with E-state index < -0.39 is 33.8 Å². The summed E-state index contributed by atoms with van der Waals surface area (Å²) in [5, 5.41) is 20.3. The maximum atomic E-state index is 12.5. The zero-order valence-electron chi connectivity index (χ0n) is 15.6. The molecule has 0 radical (unpaired) electrons. The third kappa shape index (κ3) is 6.11. The molecule has 0 aliphatic rings. The molecule has 0 saturated heterocycles. The Balaban J connectivity index is 2.14. The highest BCUT2D eigenvalue weighted by Crippen LogP contribution is 2.18. The number of ether oxygens (including phenoxy) is 1. The van der Waals surface area contributed by atoms with Crippen molar-refractivity contribution in [1.29, 1.82) is 0 Å². The van der Waals surface area contributed by atoms with Crippen molar-refractivity contribution >= 4 is 28.5 Å². The van der Waals surface area contributed by atoms with Crippen molar-refractivity contribution in [3.8, 4) is 0 Å². The summed E-state index contributed by atoms with van der Waals surface area (Å²) in [6, 6.07) is 12.9. The lowest BCUT2D eigenvalue weighted by molar-refractivity contribution is -0.384. The zero-order valence-corrected chi connectivity index (χ0v) is 16.4. The predicted octanol–water partition coefficient (Wildman–Crippen LogP) is 2.81. The van der Waals surface area contributed by atoms with Gasteiger partial charge in [0.25, 0.3) is 5.69 Å². The maximum Gasteiger partial charge on any atom is 0.408 e. The number of carbonyl (C=O) groups is 2. The molecule has 10 heteroatoms. The van der Waals surface area contributed by atoms with E-state index in [0.29, 0.717) is 10.5 Å². The summed E-state index contributed by atoms with van der Waals surface area (Å²) < 4.78 is 17.3. The van der Waals surface area contributed by atoms with Crippen molar-refractivity contribution in [2.24, 2.45) is 0 Å². The minimum atomic E-state index is -1.57. The van der Waals surface area contributed by atoms with E-state index in [0.717, 1.165) is 12.0 Å². The highest BCUT2D eigenvalue weighted by molar-refractivity contribution is 7.85. The number of benzene rings is 2. The minimum Gasteiger partial charge on any atom is -0.467 e. The summed E-state index contributed by atoms with van der Waals surface area (Å²) in [4.78, 5) is 35.4. The number of nitrogens with zero attached hydrogens (tertiary/aromatic N) is 2. The number of carboxylic acid groups (broad SMARTS) is 1. The minimum absolute atomic E-state index is 0.0177. The van der Waals surface area contributed by atoms with Crippen LogP contribution in [0.5, 0.6) is 0 Å². The molecule has 2 aromatic rings. The molecule has 0 heterocycles. The molecule has 1 unspecified atom stereocenters. The number of nitro benzene ring substituents is 1. The first-order valence-electron chi connectivity index (χ1n) is 8.57. The monoisotopic (exact) mass is 420 g/mol. The molecule has 0 aromatic heterocycles. The number of non-ortho nitro benzene ring substituents is 1. The Kier molecular flexibility index (Phi) is 7.84. The molecule has 0 saturated carbocycles. The second kappa shape index (κ2) is 10.3. The Morgan fingerprint density at radius 2 is 1.79 bits per heavy atom. The van der Waals surface area contributed by atoms with E-state index in [2.05, 4.69) is 0 Å². The van der Waals surface area contributed by atoms with Crippen LogP contribution in [-0.4, -0.2) is 50.1 Å². The maximum absolute atomic E-state index is 12.5. The number of rotatable bonds is 9. The molecule has 154 valence electrons. The van der Waals surface area contributed by atoms with Crippen LogP contribution >= 0.6 is 0 Å². The van der Waals surface area contributed by atoms with E-state index >= 15 is 0 Å². The Morgan fingerprint density at radius 1 is 1.17 bits per heavy atom. The van der Waals surface area contributed by atoms with Crippen LogP contribution in [0, 0.1) is 10.1 Å². The SMILES string of the molecule is COC(=O)C(CC[S@](=O)c1ccc([N+](=O)[O-])cc1)N(Cc1ccccc1)C(=O)O. The number of nitro groups is 1. The third-order valence-corrected chi connectivity index (χ3v) is 5.58. The molecule has 29 heavy (non-hydrogen) atoms. The van der Waals surface area contributed by atoms with Crippen LogP contribution in [0.15, 0.2) is 59.5 Å². The number of hydrogen-bond donors (Lipinski definition) is 1. The fourth-order valence-electron chi connectivity index (χ4n) is 2.68. The van der Waals surface area contributed by atoms with Crippen LogP contribution in [0.3, 0.4) is 0 Å². The molecule has 2 aromatic carbocycles. The average Bonchev–Trinajstić information content (AvgIpc) is 2.73. The molecule has 0 bridgehead atoms. The lowest BCUT2D eigenvalue weighted by Crippen LogP contribution is -2.45. The summed E-state index contributed by atoms with van der Waals surface area (Å²) in [7, 11) is -0.412. The first-order valence-corrected chi connectivity index (χ1v) is 9.89. The van der Waals surface area contributed by atoms with E-state index in [4.69, 9.17) is 4.74 Å². The Bertz CT molecular complexity index is 887. The molecule has 0 aliphatic heterocycles. The van der Waals surface area contributed by atoms with Gasteiger partial charge in [-0.3, -0.25) is 19.2 Å². The first-order chi connectivity index (χ1) is 13.8. The topological polar surface area (TPSA) is 127 Å². The van der Waals surface area contributed by atoms with Gasteiger partial charge in [-0.2, -0.15) is 0 Å². The number of hydrogen-bond acceptors (Lipinski definition) is 6. The van der Waals surface area contributed by atoms with Gasteiger partial charge in [-0.15, -0.1) is 0 Å². The van der Waals surface area contributed by atoms with Gasteiger partial charge in [0.05, 0.1) is 22.8 Å². The van der Waals surface area contributed by atoms with Crippen molar-refractivity contribution in [3.05, 3.63) is 70.3 Å². The fourth-order valence-corrected chi connectivity index (χ4v) is 3.80. The molecular formula is C19H20N2O7S. The quantitative estimate of drug-likeness (QED) is 0.375. The van der Waals surface area contributed by atoms with E-state index in [1.807, 2.05) is 0 Å². The number of methoxy groups -OCH3 is 1. The zero-order chi connectivity index (χ0) is 21.4. The van der Waals surface area contributed by atoms with Crippen molar-refractivity contribution in [2.75, 3.05) is 12.9 Å². The Morgan fingerprint density at radius 3 is 2.31 bits per heavy atom. The highest BCUT2D eigenvalue weighted by atomic mass is 32.2. The Labute approximate surface area is 169 Å². The first kappa shape index (κ1) is 22.0. The van der Waals surface area contributed by atoms with Crippen LogP contribution in [0.4, 0.5) is 10.5 Å². The average molecular weight is 420 g/mol. The Hall–Kier alpha value is -3.27. The summed E-state index contributed by atoms with van der Waals surface area (Å²) in [5.74, 6) is -0.764. The predicted molar refractivity (Wildman–Crippen MR) is 105 cm³/mol. The van der Waals surface area contributed by atoms with Crippen LogP contribution < -0.4 is 0 Å². The fraction of sp³-hybridized carbons (Fsp3) is 0.263. The lowest BCUT2D eigenvalue weighted by Gasteiger charge is -2.27. The van der Waals surface area contributed by atoms with Gasteiger partial charge in [0.2, 0.25) is 0 Å². The summed E-state index contributed by atoms with van der Waals surface area (Å²) in [6.07, 6.45) is -1.33. The molecule has 2 atom stereocenters. The van der Waals surface area contributed by atoms with Gasteiger partial charge in [-0.05, 0) is 24.1 Å². The van der Waals surface area contributed by atoms with Gasteiger partial charge in [-0.1, -0.05) is 30.3 Å². The van der Waals surface area contributed by atoms with Crippen LogP contribution in [0.1, 0.15) is 12.0 Å². The van der Waals surface area contributed by atoms with Gasteiger partial charge in [-0.25, -0.2) is 9.59 Å². The van der Waals surface area contributed by atoms with Gasteiger partial charge >= 0.3 is 12.1 Å². The highest BCUT2D eigenvalue weighted by Gasteiger charge is 2.31. The molecule has 1 N–H and O–H groups in total. The summed E-state index contributed by atoms with van der Waals surface area (Å²) >= 11 is 0. The number of carbonyl (C=O) groups excluding carboxylic acids is 1. The standard InChI is InChI=1S/C19H20N2O7S/c1-28-18(22)17(20(19(23)24)13-14-5-3-2-4-6-14)11-12-29(27)16-9-7-15(8-10-16)21(25)26/h2-10,17H,11-13H2,1H3,(H,23,24)/t17?,29-/m0/s1. The second-order valence-corrected chi connectivity index (χ2v) is 7.60. The molecule has 1 amide bonds. The smallest absolute Gasteiger partial charge is 0.408 e. The van der Waals surface area contributed by atoms with Gasteiger partial charge in [0.1, 0.15) is 6.04 Å². The summed E-state index contributed by atoms with van der Waals surface area (Å²) in [5.41, 5.74) is 0.568. The van der Waals surface area contributed by atoms with Crippen LogP contribution in [0.25, 0.3) is 0 Å². The van der Waals surface area contributed by atoms with Gasteiger partial charge in [0.15, 0.2) is 0 Å².